The Morgan fingerprint density at radius 2 is 1.93 bits per heavy atom. The van der Waals surface area contributed by atoms with E-state index < -0.39 is 0 Å². The quantitative estimate of drug-likeness (QED) is 0.428. The maximum atomic E-state index is 13.0. The van der Waals surface area contributed by atoms with E-state index in [1.165, 1.54) is 16.3 Å². The van der Waals surface area contributed by atoms with Gasteiger partial charge in [-0.05, 0) is 36.4 Å². The number of halogens is 1. The molecule has 0 bridgehead atoms. The summed E-state index contributed by atoms with van der Waals surface area (Å²) >= 11 is 9.03. The lowest BCUT2D eigenvalue weighted by Gasteiger charge is -2.09. The summed E-state index contributed by atoms with van der Waals surface area (Å²) in [5.41, 5.74) is 2.19. The van der Waals surface area contributed by atoms with E-state index in [0.717, 1.165) is 20.8 Å². The lowest BCUT2D eigenvalue weighted by Crippen LogP contribution is -2.22. The third-order valence-electron chi connectivity index (χ3n) is 3.99. The second-order valence-corrected chi connectivity index (χ2v) is 8.87. The van der Waals surface area contributed by atoms with E-state index in [9.17, 15) is 4.79 Å². The first-order valence-electron chi connectivity index (χ1n) is 8.56. The van der Waals surface area contributed by atoms with Crippen LogP contribution in [0.3, 0.4) is 0 Å². The number of nitrogens with zero attached hydrogens (tertiary/aromatic N) is 4. The van der Waals surface area contributed by atoms with Gasteiger partial charge in [0, 0.05) is 36.0 Å². The molecule has 28 heavy (non-hydrogen) atoms. The summed E-state index contributed by atoms with van der Waals surface area (Å²) in [6.07, 6.45) is 1.82. The number of aromatic nitrogens is 1. The van der Waals surface area contributed by atoms with Crippen molar-refractivity contribution in [2.24, 2.45) is 5.10 Å². The molecule has 0 spiro atoms. The molecule has 1 aromatic heterocycles. The maximum absolute atomic E-state index is 13.0. The molecule has 0 aliphatic carbocycles. The van der Waals surface area contributed by atoms with Gasteiger partial charge in [-0.25, -0.2) is 4.98 Å². The van der Waals surface area contributed by atoms with Crippen LogP contribution in [0.15, 0.2) is 70.3 Å². The van der Waals surface area contributed by atoms with E-state index in [4.69, 9.17) is 11.6 Å². The van der Waals surface area contributed by atoms with Crippen molar-refractivity contribution in [3.05, 3.63) is 65.3 Å². The van der Waals surface area contributed by atoms with Gasteiger partial charge in [-0.3, -0.25) is 4.79 Å². The highest BCUT2D eigenvalue weighted by atomic mass is 35.5. The number of thioether (sulfide) groups is 1. The summed E-state index contributed by atoms with van der Waals surface area (Å²) in [4.78, 5) is 20.5. The number of carbonyl (C=O) groups is 1. The molecule has 2 heterocycles. The van der Waals surface area contributed by atoms with E-state index in [-0.39, 0.29) is 5.91 Å². The standard InChI is InChI=1S/C20H17ClN4OS2/c1-24(2)11-15-17(12-27-14-9-7-13(21)8-10-14)23-25(19(15)26)20-22-16-5-3-4-6-18(16)28-20/h3-11H,12H2,1-2H3/b15-11+. The number of amides is 1. The third-order valence-corrected chi connectivity index (χ3v) is 6.28. The number of para-hydroxylation sites is 1. The summed E-state index contributed by atoms with van der Waals surface area (Å²) in [5.74, 6) is 0.425. The molecule has 142 valence electrons. The monoisotopic (exact) mass is 428 g/mol. The number of hydrogen-bond acceptors (Lipinski definition) is 6. The van der Waals surface area contributed by atoms with Gasteiger partial charge in [-0.2, -0.15) is 10.1 Å². The van der Waals surface area contributed by atoms with Crippen molar-refractivity contribution in [2.75, 3.05) is 24.9 Å². The molecule has 0 saturated heterocycles. The van der Waals surface area contributed by atoms with E-state index in [2.05, 4.69) is 10.1 Å². The Morgan fingerprint density at radius 1 is 1.18 bits per heavy atom. The SMILES string of the molecule is CN(C)/C=C1/C(=O)N(c2nc3ccccc3s2)N=C1CSc1ccc(Cl)cc1. The van der Waals surface area contributed by atoms with Gasteiger partial charge < -0.3 is 4.90 Å². The molecule has 8 heteroatoms. The Morgan fingerprint density at radius 3 is 2.64 bits per heavy atom. The molecule has 1 amide bonds. The molecule has 0 unspecified atom stereocenters. The van der Waals surface area contributed by atoms with Crippen molar-refractivity contribution in [1.82, 2.24) is 9.88 Å². The Labute approximate surface area is 176 Å². The largest absolute Gasteiger partial charge is 0.383 e. The summed E-state index contributed by atoms with van der Waals surface area (Å²) < 4.78 is 1.03. The third kappa shape index (κ3) is 3.92. The predicted molar refractivity (Wildman–Crippen MR) is 118 cm³/mol. The second-order valence-electron chi connectivity index (χ2n) is 6.38. The van der Waals surface area contributed by atoms with Crippen molar-refractivity contribution in [3.63, 3.8) is 0 Å². The Balaban J connectivity index is 1.63. The molecule has 2 aromatic carbocycles. The van der Waals surface area contributed by atoms with Crippen LogP contribution in [-0.2, 0) is 4.79 Å². The van der Waals surface area contributed by atoms with Crippen molar-refractivity contribution in [3.8, 4) is 0 Å². The molecular formula is C20H17ClN4OS2. The zero-order valence-electron chi connectivity index (χ0n) is 15.3. The highest BCUT2D eigenvalue weighted by Gasteiger charge is 2.33. The van der Waals surface area contributed by atoms with Crippen molar-refractivity contribution in [2.45, 2.75) is 4.90 Å². The fraction of sp³-hybridized carbons (Fsp3) is 0.150. The normalized spacial score (nSPS) is 15.5. The van der Waals surface area contributed by atoms with Crippen LogP contribution >= 0.6 is 34.7 Å². The van der Waals surface area contributed by atoms with Gasteiger partial charge in [0.05, 0.1) is 21.5 Å². The number of hydrazone groups is 1. The number of carbonyl (C=O) groups excluding carboxylic acids is 1. The van der Waals surface area contributed by atoms with Crippen LogP contribution in [0.4, 0.5) is 5.13 Å². The van der Waals surface area contributed by atoms with Crippen LogP contribution in [-0.4, -0.2) is 41.4 Å². The van der Waals surface area contributed by atoms with Crippen LogP contribution in [0.5, 0.6) is 0 Å². The second kappa shape index (κ2) is 7.95. The predicted octanol–water partition coefficient (Wildman–Crippen LogP) is 4.89. The number of rotatable bonds is 5. The molecule has 0 N–H and O–H groups in total. The molecule has 0 fully saturated rings. The maximum Gasteiger partial charge on any atom is 0.284 e. The highest BCUT2D eigenvalue weighted by Crippen LogP contribution is 2.33. The van der Waals surface area contributed by atoms with Crippen molar-refractivity contribution >= 4 is 61.7 Å². The van der Waals surface area contributed by atoms with Gasteiger partial charge in [-0.15, -0.1) is 11.8 Å². The number of benzene rings is 2. The first kappa shape index (κ1) is 19.0. The average molecular weight is 429 g/mol. The van der Waals surface area contributed by atoms with Gasteiger partial charge >= 0.3 is 0 Å². The first-order chi connectivity index (χ1) is 13.5. The minimum atomic E-state index is -0.153. The lowest BCUT2D eigenvalue weighted by molar-refractivity contribution is -0.114. The zero-order valence-corrected chi connectivity index (χ0v) is 17.7. The van der Waals surface area contributed by atoms with Crippen LogP contribution in [0.25, 0.3) is 10.2 Å². The molecule has 0 atom stereocenters. The Bertz CT molecular complexity index is 1060. The Hall–Kier alpha value is -2.35. The van der Waals surface area contributed by atoms with Gasteiger partial charge in [0.2, 0.25) is 5.13 Å². The molecule has 1 aliphatic heterocycles. The van der Waals surface area contributed by atoms with Crippen LogP contribution in [0, 0.1) is 0 Å². The minimum Gasteiger partial charge on any atom is -0.383 e. The fourth-order valence-electron chi connectivity index (χ4n) is 2.71. The molecule has 3 aromatic rings. The van der Waals surface area contributed by atoms with E-state index >= 15 is 0 Å². The van der Waals surface area contributed by atoms with Crippen LogP contribution in [0.2, 0.25) is 5.02 Å². The van der Waals surface area contributed by atoms with Crippen molar-refractivity contribution in [1.29, 1.82) is 0 Å². The summed E-state index contributed by atoms with van der Waals surface area (Å²) in [6.45, 7) is 0. The smallest absolute Gasteiger partial charge is 0.284 e. The Kier molecular flexibility index (Phi) is 5.39. The van der Waals surface area contributed by atoms with Gasteiger partial charge in [0.15, 0.2) is 0 Å². The minimum absolute atomic E-state index is 0.153. The topological polar surface area (TPSA) is 48.8 Å². The first-order valence-corrected chi connectivity index (χ1v) is 10.7. The van der Waals surface area contributed by atoms with Crippen LogP contribution in [0.1, 0.15) is 0 Å². The summed E-state index contributed by atoms with van der Waals surface area (Å²) in [5, 5.41) is 7.31. The molecule has 0 radical (unpaired) electrons. The molecule has 5 nitrogen and oxygen atoms in total. The van der Waals surface area contributed by atoms with Gasteiger partial charge in [0.25, 0.3) is 5.91 Å². The summed E-state index contributed by atoms with van der Waals surface area (Å²) in [6, 6.07) is 15.5. The fourth-order valence-corrected chi connectivity index (χ4v) is 4.60. The van der Waals surface area contributed by atoms with E-state index in [0.29, 0.717) is 21.5 Å². The lowest BCUT2D eigenvalue weighted by atomic mass is 10.2. The van der Waals surface area contributed by atoms with E-state index in [1.54, 1.807) is 11.8 Å². The van der Waals surface area contributed by atoms with E-state index in [1.807, 2.05) is 73.7 Å². The highest BCUT2D eigenvalue weighted by molar-refractivity contribution is 8.00. The summed E-state index contributed by atoms with van der Waals surface area (Å²) in [7, 11) is 3.79. The van der Waals surface area contributed by atoms with Crippen LogP contribution < -0.4 is 5.01 Å². The van der Waals surface area contributed by atoms with Gasteiger partial charge in [0.1, 0.15) is 0 Å². The average Bonchev–Trinajstić information content (AvgIpc) is 3.23. The number of anilines is 1. The van der Waals surface area contributed by atoms with Gasteiger partial charge in [-0.1, -0.05) is 35.1 Å². The number of hydrogen-bond donors (Lipinski definition) is 0. The molecular weight excluding hydrogens is 412 g/mol. The number of fused-ring (bicyclic) bond motifs is 1. The molecule has 0 saturated carbocycles. The van der Waals surface area contributed by atoms with Crippen molar-refractivity contribution < 1.29 is 4.79 Å². The molecule has 4 rings (SSSR count). The molecule has 1 aliphatic rings. The zero-order chi connectivity index (χ0) is 19.7. The number of thiazole rings is 1.